The molecule has 0 bridgehead atoms. The van der Waals surface area contributed by atoms with Gasteiger partial charge in [0, 0.05) is 49.2 Å². The van der Waals surface area contributed by atoms with Gasteiger partial charge in [0.15, 0.2) is 0 Å². The van der Waals surface area contributed by atoms with Gasteiger partial charge >= 0.3 is 0 Å². The normalized spacial score (nSPS) is 25.2. The molecule has 1 saturated carbocycles. The van der Waals surface area contributed by atoms with Crippen LogP contribution in [-0.2, 0) is 11.8 Å². The predicted molar refractivity (Wildman–Crippen MR) is 134 cm³/mol. The van der Waals surface area contributed by atoms with Gasteiger partial charge in [-0.3, -0.25) is 4.90 Å². The monoisotopic (exact) mass is 461 g/mol. The van der Waals surface area contributed by atoms with Crippen molar-refractivity contribution in [1.29, 1.82) is 0 Å². The Bertz CT molecular complexity index is 782. The number of hydrogen-bond acceptors (Lipinski definition) is 3. The average Bonchev–Trinajstić information content (AvgIpc) is 2.80. The van der Waals surface area contributed by atoms with Crippen LogP contribution in [0.25, 0.3) is 0 Å². The standard InChI is InChI=1S/C26H36ClN3.ClH/c27-24-10-4-9-23(20-24)26(21-28)13-11-25(12-14-26)30-18-16-29(17-19-30)15-5-8-22-6-2-1-3-7-22;/h1-4,6-7,9-10,20,25H,5,8,11-19,21,28H2;1H/t25-,26+;. The second-order valence-electron chi connectivity index (χ2n) is 9.19. The van der Waals surface area contributed by atoms with E-state index < -0.39 is 0 Å². The first kappa shape index (κ1) is 24.5. The highest BCUT2D eigenvalue weighted by atomic mass is 35.5. The largest absolute Gasteiger partial charge is 0.330 e. The van der Waals surface area contributed by atoms with Crippen molar-refractivity contribution < 1.29 is 0 Å². The van der Waals surface area contributed by atoms with Gasteiger partial charge in [0.2, 0.25) is 0 Å². The molecular weight excluding hydrogens is 425 g/mol. The predicted octanol–water partition coefficient (Wildman–Crippen LogP) is 5.15. The summed E-state index contributed by atoms with van der Waals surface area (Å²) in [4.78, 5) is 5.39. The molecule has 0 amide bonds. The van der Waals surface area contributed by atoms with Gasteiger partial charge in [0.1, 0.15) is 0 Å². The molecule has 1 aliphatic heterocycles. The second-order valence-corrected chi connectivity index (χ2v) is 9.63. The highest BCUT2D eigenvalue weighted by Crippen LogP contribution is 2.40. The summed E-state index contributed by atoms with van der Waals surface area (Å²) >= 11 is 6.26. The first-order valence-electron chi connectivity index (χ1n) is 11.6. The number of benzene rings is 2. The summed E-state index contributed by atoms with van der Waals surface area (Å²) in [5.41, 5.74) is 9.19. The lowest BCUT2D eigenvalue weighted by molar-refractivity contribution is 0.0654. The van der Waals surface area contributed by atoms with Crippen LogP contribution in [0.3, 0.4) is 0 Å². The molecule has 31 heavy (non-hydrogen) atoms. The Morgan fingerprint density at radius 3 is 2.29 bits per heavy atom. The zero-order chi connectivity index (χ0) is 20.8. The molecule has 170 valence electrons. The van der Waals surface area contributed by atoms with Crippen LogP contribution in [0.2, 0.25) is 5.02 Å². The molecule has 2 N–H and O–H groups in total. The fraction of sp³-hybridized carbons (Fsp3) is 0.538. The molecule has 0 aromatic heterocycles. The quantitative estimate of drug-likeness (QED) is 0.618. The topological polar surface area (TPSA) is 32.5 Å². The molecule has 2 aromatic rings. The number of rotatable bonds is 7. The third-order valence-corrected chi connectivity index (χ3v) is 7.68. The van der Waals surface area contributed by atoms with Gasteiger partial charge in [-0.25, -0.2) is 0 Å². The molecule has 0 unspecified atom stereocenters. The van der Waals surface area contributed by atoms with Crippen molar-refractivity contribution >= 4 is 24.0 Å². The third kappa shape index (κ3) is 6.24. The van der Waals surface area contributed by atoms with Gasteiger partial charge in [-0.1, -0.05) is 54.1 Å². The van der Waals surface area contributed by atoms with E-state index in [1.165, 1.54) is 82.4 Å². The van der Waals surface area contributed by atoms with Crippen LogP contribution < -0.4 is 5.73 Å². The number of nitrogens with two attached hydrogens (primary N) is 1. The molecule has 3 nitrogen and oxygen atoms in total. The fourth-order valence-corrected chi connectivity index (χ4v) is 5.64. The molecular formula is C26H37Cl2N3. The molecule has 1 aliphatic carbocycles. The fourth-order valence-electron chi connectivity index (χ4n) is 5.45. The van der Waals surface area contributed by atoms with Crippen molar-refractivity contribution in [2.24, 2.45) is 5.73 Å². The molecule has 4 rings (SSSR count). The minimum atomic E-state index is 0. The summed E-state index contributed by atoms with van der Waals surface area (Å²) in [5.74, 6) is 0. The Kier molecular flexibility index (Phi) is 9.24. The van der Waals surface area contributed by atoms with E-state index in [9.17, 15) is 0 Å². The molecule has 0 spiro atoms. The maximum Gasteiger partial charge on any atom is 0.0408 e. The molecule has 0 radical (unpaired) electrons. The van der Waals surface area contributed by atoms with Crippen molar-refractivity contribution in [3.05, 3.63) is 70.7 Å². The summed E-state index contributed by atoms with van der Waals surface area (Å²) in [6, 6.07) is 20.0. The summed E-state index contributed by atoms with van der Waals surface area (Å²) in [6.45, 7) is 6.78. The molecule has 1 heterocycles. The maximum absolute atomic E-state index is 6.29. The van der Waals surface area contributed by atoms with E-state index >= 15 is 0 Å². The SMILES string of the molecule is Cl.NC[C@]1(c2cccc(Cl)c2)CC[C@@H](N2CCN(CCCc3ccccc3)CC2)CC1. The van der Waals surface area contributed by atoms with Gasteiger partial charge in [-0.15, -0.1) is 12.4 Å². The van der Waals surface area contributed by atoms with Crippen LogP contribution in [0, 0.1) is 0 Å². The summed E-state index contributed by atoms with van der Waals surface area (Å²) < 4.78 is 0. The van der Waals surface area contributed by atoms with E-state index in [2.05, 4.69) is 58.3 Å². The van der Waals surface area contributed by atoms with Crippen LogP contribution >= 0.6 is 24.0 Å². The van der Waals surface area contributed by atoms with Gasteiger partial charge in [0.05, 0.1) is 0 Å². The lowest BCUT2D eigenvalue weighted by atomic mass is 9.68. The van der Waals surface area contributed by atoms with Gasteiger partial charge in [-0.05, 0) is 68.3 Å². The number of nitrogens with zero attached hydrogens (tertiary/aromatic N) is 2. The van der Waals surface area contributed by atoms with Crippen molar-refractivity contribution in [2.45, 2.75) is 50.0 Å². The smallest absolute Gasteiger partial charge is 0.0408 e. The van der Waals surface area contributed by atoms with E-state index in [0.29, 0.717) is 0 Å². The van der Waals surface area contributed by atoms with Gasteiger partial charge < -0.3 is 10.6 Å². The Morgan fingerprint density at radius 2 is 1.65 bits per heavy atom. The lowest BCUT2D eigenvalue weighted by Gasteiger charge is -2.46. The van der Waals surface area contributed by atoms with Crippen molar-refractivity contribution in [1.82, 2.24) is 9.80 Å². The number of aryl methyl sites for hydroxylation is 1. The number of halogens is 2. The summed E-state index contributed by atoms with van der Waals surface area (Å²) in [7, 11) is 0. The van der Waals surface area contributed by atoms with Crippen LogP contribution in [0.1, 0.15) is 43.2 Å². The molecule has 2 aromatic carbocycles. The second kappa shape index (κ2) is 11.7. The number of piperazine rings is 1. The minimum Gasteiger partial charge on any atom is -0.330 e. The summed E-state index contributed by atoms with van der Waals surface area (Å²) in [6.07, 6.45) is 7.29. The Balaban J connectivity index is 0.00000272. The van der Waals surface area contributed by atoms with Crippen molar-refractivity contribution in [3.63, 3.8) is 0 Å². The van der Waals surface area contributed by atoms with E-state index in [1.54, 1.807) is 0 Å². The first-order valence-corrected chi connectivity index (χ1v) is 12.0. The van der Waals surface area contributed by atoms with Crippen LogP contribution in [-0.4, -0.2) is 55.1 Å². The Labute approximate surface area is 199 Å². The molecule has 2 fully saturated rings. The molecule has 0 atom stereocenters. The zero-order valence-corrected chi connectivity index (χ0v) is 20.1. The average molecular weight is 463 g/mol. The minimum absolute atomic E-state index is 0. The first-order chi connectivity index (χ1) is 14.7. The maximum atomic E-state index is 6.29. The molecule has 1 saturated heterocycles. The van der Waals surface area contributed by atoms with E-state index in [0.717, 1.165) is 17.6 Å². The zero-order valence-electron chi connectivity index (χ0n) is 18.5. The highest BCUT2D eigenvalue weighted by molar-refractivity contribution is 6.30. The molecule has 2 aliphatic rings. The van der Waals surface area contributed by atoms with Gasteiger partial charge in [-0.2, -0.15) is 0 Å². The third-order valence-electron chi connectivity index (χ3n) is 7.45. The van der Waals surface area contributed by atoms with Crippen molar-refractivity contribution in [2.75, 3.05) is 39.3 Å². The number of hydrogen-bond donors (Lipinski definition) is 1. The van der Waals surface area contributed by atoms with E-state index in [-0.39, 0.29) is 17.8 Å². The van der Waals surface area contributed by atoms with E-state index in [1.807, 2.05) is 6.07 Å². The van der Waals surface area contributed by atoms with Gasteiger partial charge in [0.25, 0.3) is 0 Å². The lowest BCUT2D eigenvalue weighted by Crippen LogP contribution is -2.53. The van der Waals surface area contributed by atoms with Crippen molar-refractivity contribution in [3.8, 4) is 0 Å². The van der Waals surface area contributed by atoms with Crippen LogP contribution in [0.15, 0.2) is 54.6 Å². The Hall–Kier alpha value is -1.10. The Morgan fingerprint density at radius 1 is 0.935 bits per heavy atom. The highest BCUT2D eigenvalue weighted by Gasteiger charge is 2.38. The molecule has 5 heteroatoms. The van der Waals surface area contributed by atoms with Crippen LogP contribution in [0.4, 0.5) is 0 Å². The summed E-state index contributed by atoms with van der Waals surface area (Å²) in [5, 5.41) is 0.825. The van der Waals surface area contributed by atoms with E-state index in [4.69, 9.17) is 17.3 Å². The van der Waals surface area contributed by atoms with Crippen LogP contribution in [0.5, 0.6) is 0 Å².